The normalized spacial score (nSPS) is 11.2. The second-order valence-electron chi connectivity index (χ2n) is 7.88. The van der Waals surface area contributed by atoms with E-state index in [0.29, 0.717) is 24.4 Å². The van der Waals surface area contributed by atoms with Crippen LogP contribution in [0.4, 0.5) is 5.69 Å². The molecule has 0 aliphatic rings. The van der Waals surface area contributed by atoms with Gasteiger partial charge in [-0.2, -0.15) is 0 Å². The van der Waals surface area contributed by atoms with Crippen molar-refractivity contribution in [2.75, 3.05) is 23.7 Å². The van der Waals surface area contributed by atoms with Gasteiger partial charge in [0, 0.05) is 10.9 Å². The van der Waals surface area contributed by atoms with Crippen molar-refractivity contribution in [2.24, 2.45) is 0 Å². The number of sulfonamides is 1. The lowest BCUT2D eigenvalue weighted by Gasteiger charge is -2.24. The average Bonchev–Trinajstić information content (AvgIpc) is 2.85. The summed E-state index contributed by atoms with van der Waals surface area (Å²) >= 11 is 0. The number of fused-ring (bicyclic) bond motifs is 1. The molecule has 34 heavy (non-hydrogen) atoms. The van der Waals surface area contributed by atoms with Gasteiger partial charge in [-0.15, -0.1) is 0 Å². The fourth-order valence-electron chi connectivity index (χ4n) is 3.69. The lowest BCUT2D eigenvalue weighted by atomic mass is 10.1. The van der Waals surface area contributed by atoms with Crippen molar-refractivity contribution in [2.45, 2.75) is 6.54 Å². The third kappa shape index (κ3) is 5.74. The highest BCUT2D eigenvalue weighted by Crippen LogP contribution is 2.29. The Bertz CT molecular complexity index is 1370. The summed E-state index contributed by atoms with van der Waals surface area (Å²) in [5, 5.41) is 4.66. The third-order valence-electron chi connectivity index (χ3n) is 5.38. The summed E-state index contributed by atoms with van der Waals surface area (Å²) in [6, 6.07) is 29.7. The van der Waals surface area contributed by atoms with E-state index in [1.54, 1.807) is 24.3 Å². The highest BCUT2D eigenvalue weighted by atomic mass is 32.2. The van der Waals surface area contributed by atoms with Crippen LogP contribution in [0.2, 0.25) is 0 Å². The summed E-state index contributed by atoms with van der Waals surface area (Å²) in [4.78, 5) is 12.4. The monoisotopic (exact) mass is 474 g/mol. The molecule has 0 fully saturated rings. The van der Waals surface area contributed by atoms with Crippen LogP contribution >= 0.6 is 0 Å². The van der Waals surface area contributed by atoms with Gasteiger partial charge in [-0.3, -0.25) is 9.10 Å². The summed E-state index contributed by atoms with van der Waals surface area (Å²) in [5.74, 6) is 0.542. The van der Waals surface area contributed by atoms with E-state index < -0.39 is 10.0 Å². The zero-order chi connectivity index (χ0) is 24.0. The Balaban J connectivity index is 1.42. The van der Waals surface area contributed by atoms with Crippen molar-refractivity contribution in [3.8, 4) is 5.75 Å². The van der Waals surface area contributed by atoms with Gasteiger partial charge in [0.2, 0.25) is 10.0 Å². The van der Waals surface area contributed by atoms with E-state index in [-0.39, 0.29) is 12.5 Å². The molecule has 6 nitrogen and oxygen atoms in total. The quantitative estimate of drug-likeness (QED) is 0.359. The molecule has 0 saturated carbocycles. The number of anilines is 1. The molecule has 0 bridgehead atoms. The van der Waals surface area contributed by atoms with Crippen LogP contribution in [0.5, 0.6) is 5.75 Å². The van der Waals surface area contributed by atoms with Crippen molar-refractivity contribution in [3.63, 3.8) is 0 Å². The second-order valence-corrected chi connectivity index (χ2v) is 9.79. The number of hydrogen-bond donors (Lipinski definition) is 1. The fraction of sp³-hybridized carbons (Fsp3) is 0.148. The number of carbonyl (C=O) groups excluding carboxylic acids is 1. The summed E-state index contributed by atoms with van der Waals surface area (Å²) in [7, 11) is -3.53. The number of nitrogens with zero attached hydrogens (tertiary/aromatic N) is 1. The van der Waals surface area contributed by atoms with Crippen LogP contribution < -0.4 is 14.4 Å². The maximum atomic E-state index is 12.7. The minimum atomic E-state index is -3.53. The predicted molar refractivity (Wildman–Crippen MR) is 136 cm³/mol. The molecule has 0 saturated heterocycles. The van der Waals surface area contributed by atoms with Crippen LogP contribution in [-0.2, 0) is 16.6 Å². The minimum absolute atomic E-state index is 0.166. The van der Waals surface area contributed by atoms with E-state index in [1.165, 1.54) is 10.6 Å². The minimum Gasteiger partial charge on any atom is -0.492 e. The molecule has 1 N–H and O–H groups in total. The maximum Gasteiger partial charge on any atom is 0.251 e. The average molecular weight is 475 g/mol. The summed E-state index contributed by atoms with van der Waals surface area (Å²) in [6.45, 7) is 0.903. The molecule has 0 radical (unpaired) electrons. The second kappa shape index (κ2) is 10.4. The molecule has 174 valence electrons. The standard InChI is InChI=1S/C27H26N2O4S/c1-34(31,32)29(26-13-7-9-22-8-5-6-12-25(22)26)20-21-14-16-23(17-15-21)27(30)28-18-19-33-24-10-3-2-4-11-24/h2-17H,18-20H2,1H3,(H,28,30). The SMILES string of the molecule is CS(=O)(=O)N(Cc1ccc(C(=O)NCCOc2ccccc2)cc1)c1cccc2ccccc12. The molecule has 0 aliphatic heterocycles. The van der Waals surface area contributed by atoms with E-state index in [2.05, 4.69) is 5.32 Å². The zero-order valence-electron chi connectivity index (χ0n) is 18.8. The van der Waals surface area contributed by atoms with E-state index in [0.717, 1.165) is 22.1 Å². The van der Waals surface area contributed by atoms with E-state index in [1.807, 2.05) is 72.8 Å². The van der Waals surface area contributed by atoms with Gasteiger partial charge < -0.3 is 10.1 Å². The number of hydrogen-bond acceptors (Lipinski definition) is 4. The van der Waals surface area contributed by atoms with E-state index in [4.69, 9.17) is 4.74 Å². The first-order valence-corrected chi connectivity index (χ1v) is 12.8. The molecule has 0 aromatic heterocycles. The molecular weight excluding hydrogens is 448 g/mol. The molecule has 7 heteroatoms. The van der Waals surface area contributed by atoms with Gasteiger partial charge in [-0.05, 0) is 41.3 Å². The fourth-order valence-corrected chi connectivity index (χ4v) is 4.59. The van der Waals surface area contributed by atoms with Crippen LogP contribution in [0.25, 0.3) is 10.8 Å². The molecule has 4 aromatic carbocycles. The Kier molecular flexibility index (Phi) is 7.13. The number of rotatable bonds is 9. The van der Waals surface area contributed by atoms with E-state index >= 15 is 0 Å². The highest BCUT2D eigenvalue weighted by Gasteiger charge is 2.20. The van der Waals surface area contributed by atoms with Gasteiger partial charge in [-0.1, -0.05) is 66.7 Å². The number of carbonyl (C=O) groups is 1. The van der Waals surface area contributed by atoms with Gasteiger partial charge in [0.1, 0.15) is 12.4 Å². The topological polar surface area (TPSA) is 75.7 Å². The molecule has 0 unspecified atom stereocenters. The van der Waals surface area contributed by atoms with E-state index in [9.17, 15) is 13.2 Å². The van der Waals surface area contributed by atoms with Crippen LogP contribution in [0.15, 0.2) is 97.1 Å². The van der Waals surface area contributed by atoms with Gasteiger partial charge in [-0.25, -0.2) is 8.42 Å². The Morgan fingerprint density at radius 2 is 1.53 bits per heavy atom. The Morgan fingerprint density at radius 3 is 2.26 bits per heavy atom. The van der Waals surface area contributed by atoms with Gasteiger partial charge in [0.05, 0.1) is 25.0 Å². The number of ether oxygens (including phenoxy) is 1. The Hall–Kier alpha value is -3.84. The van der Waals surface area contributed by atoms with Crippen molar-refractivity contribution in [3.05, 3.63) is 108 Å². The first kappa shape index (κ1) is 23.3. The van der Waals surface area contributed by atoms with Gasteiger partial charge in [0.15, 0.2) is 0 Å². The first-order valence-electron chi connectivity index (χ1n) is 10.9. The molecule has 0 heterocycles. The smallest absolute Gasteiger partial charge is 0.251 e. The number of nitrogens with one attached hydrogen (secondary N) is 1. The predicted octanol–water partition coefficient (Wildman–Crippen LogP) is 4.61. The van der Waals surface area contributed by atoms with Crippen molar-refractivity contribution < 1.29 is 17.9 Å². The summed E-state index contributed by atoms with van der Waals surface area (Å²) in [6.07, 6.45) is 1.20. The van der Waals surface area contributed by atoms with Crippen LogP contribution in [-0.4, -0.2) is 33.7 Å². The lowest BCUT2D eigenvalue weighted by Crippen LogP contribution is -2.30. The molecule has 4 aromatic rings. The third-order valence-corrected chi connectivity index (χ3v) is 6.50. The van der Waals surface area contributed by atoms with Crippen LogP contribution in [0, 0.1) is 0 Å². The highest BCUT2D eigenvalue weighted by molar-refractivity contribution is 7.92. The van der Waals surface area contributed by atoms with Crippen molar-refractivity contribution in [1.82, 2.24) is 5.32 Å². The summed E-state index contributed by atoms with van der Waals surface area (Å²) in [5.41, 5.74) is 1.91. The van der Waals surface area contributed by atoms with Crippen molar-refractivity contribution >= 4 is 32.4 Å². The number of benzene rings is 4. The lowest BCUT2D eigenvalue weighted by molar-refractivity contribution is 0.0947. The van der Waals surface area contributed by atoms with Crippen LogP contribution in [0.1, 0.15) is 15.9 Å². The Morgan fingerprint density at radius 1 is 0.853 bits per heavy atom. The molecule has 1 amide bonds. The maximum absolute atomic E-state index is 12.7. The van der Waals surface area contributed by atoms with Gasteiger partial charge >= 0.3 is 0 Å². The van der Waals surface area contributed by atoms with Crippen LogP contribution in [0.3, 0.4) is 0 Å². The zero-order valence-corrected chi connectivity index (χ0v) is 19.7. The van der Waals surface area contributed by atoms with Crippen molar-refractivity contribution in [1.29, 1.82) is 0 Å². The number of para-hydroxylation sites is 1. The first-order chi connectivity index (χ1) is 16.4. The Labute approximate surface area is 199 Å². The molecule has 0 spiro atoms. The molecular formula is C27H26N2O4S. The largest absolute Gasteiger partial charge is 0.492 e. The van der Waals surface area contributed by atoms with Gasteiger partial charge in [0.25, 0.3) is 5.91 Å². The summed E-state index contributed by atoms with van der Waals surface area (Å²) < 4.78 is 32.3. The number of amides is 1. The molecule has 4 rings (SSSR count). The molecule has 0 aliphatic carbocycles. The molecule has 0 atom stereocenters.